The molecule has 0 aliphatic carbocycles. The van der Waals surface area contributed by atoms with Crippen LogP contribution >= 0.6 is 24.2 Å². The molecular formula is C11H16ClNS. The van der Waals surface area contributed by atoms with Gasteiger partial charge in [-0.3, -0.25) is 0 Å². The van der Waals surface area contributed by atoms with E-state index in [1.165, 1.54) is 22.6 Å². The number of hydrogen-bond acceptors (Lipinski definition) is 2. The molecule has 78 valence electrons. The molecule has 0 spiro atoms. The molecule has 0 saturated carbocycles. The largest absolute Gasteiger partial charge is 0.305 e. The van der Waals surface area contributed by atoms with Crippen molar-refractivity contribution in [3.05, 3.63) is 29.8 Å². The number of benzene rings is 1. The molecule has 0 fully saturated rings. The molecule has 0 radical (unpaired) electrons. The predicted octanol–water partition coefficient (Wildman–Crippen LogP) is 2.69. The Morgan fingerprint density at radius 2 is 2.00 bits per heavy atom. The van der Waals surface area contributed by atoms with Gasteiger partial charge in [-0.1, -0.05) is 18.2 Å². The second kappa shape index (κ2) is 5.06. The molecule has 0 bridgehead atoms. The summed E-state index contributed by atoms with van der Waals surface area (Å²) in [4.78, 5) is 3.80. The summed E-state index contributed by atoms with van der Waals surface area (Å²) in [6, 6.07) is 9.45. The Morgan fingerprint density at radius 1 is 1.29 bits per heavy atom. The third kappa shape index (κ3) is 2.44. The summed E-state index contributed by atoms with van der Waals surface area (Å²) in [5.74, 6) is 1.23. The topological polar surface area (TPSA) is 3.24 Å². The molecule has 14 heavy (non-hydrogen) atoms. The first-order valence-corrected chi connectivity index (χ1v) is 5.63. The molecule has 0 amide bonds. The van der Waals surface area contributed by atoms with Gasteiger partial charge in [-0.15, -0.1) is 24.2 Å². The standard InChI is InChI=1S/C11H15NS.ClH/c1-12(2)10-7-9-5-3-4-6-11(9)13-8-10;/h3-6,10H,7-8H2,1-2H3;1H. The number of hydrogen-bond donors (Lipinski definition) is 0. The van der Waals surface area contributed by atoms with E-state index >= 15 is 0 Å². The van der Waals surface area contributed by atoms with Gasteiger partial charge in [0.2, 0.25) is 0 Å². The molecule has 0 aromatic heterocycles. The number of likely N-dealkylation sites (N-methyl/N-ethyl adjacent to an activating group) is 1. The SMILES string of the molecule is CN(C)C1CSc2ccccc2C1.Cl. The van der Waals surface area contributed by atoms with Crippen molar-refractivity contribution in [2.75, 3.05) is 19.8 Å². The summed E-state index contributed by atoms with van der Waals surface area (Å²) in [6.07, 6.45) is 1.20. The highest BCUT2D eigenvalue weighted by atomic mass is 35.5. The maximum absolute atomic E-state index is 2.32. The van der Waals surface area contributed by atoms with E-state index in [-0.39, 0.29) is 12.4 Å². The molecule has 1 aliphatic rings. The zero-order valence-electron chi connectivity index (χ0n) is 8.56. The summed E-state index contributed by atoms with van der Waals surface area (Å²) in [6.45, 7) is 0. The quantitative estimate of drug-likeness (QED) is 0.729. The van der Waals surface area contributed by atoms with Gasteiger partial charge in [0.15, 0.2) is 0 Å². The Labute approximate surface area is 96.3 Å². The first-order chi connectivity index (χ1) is 6.27. The highest BCUT2D eigenvalue weighted by molar-refractivity contribution is 7.99. The number of halogens is 1. The van der Waals surface area contributed by atoms with Crippen molar-refractivity contribution >= 4 is 24.2 Å². The molecule has 2 rings (SSSR count). The molecule has 1 atom stereocenters. The van der Waals surface area contributed by atoms with Crippen molar-refractivity contribution in [3.63, 3.8) is 0 Å². The van der Waals surface area contributed by atoms with Gasteiger partial charge in [0, 0.05) is 16.7 Å². The fourth-order valence-corrected chi connectivity index (χ4v) is 2.94. The Balaban J connectivity index is 0.000000980. The van der Waals surface area contributed by atoms with Gasteiger partial charge >= 0.3 is 0 Å². The maximum atomic E-state index is 2.32. The Morgan fingerprint density at radius 3 is 2.71 bits per heavy atom. The van der Waals surface area contributed by atoms with Crippen molar-refractivity contribution in [1.29, 1.82) is 0 Å². The van der Waals surface area contributed by atoms with E-state index in [4.69, 9.17) is 0 Å². The van der Waals surface area contributed by atoms with Crippen molar-refractivity contribution < 1.29 is 0 Å². The third-order valence-electron chi connectivity index (χ3n) is 2.59. The maximum Gasteiger partial charge on any atom is 0.0224 e. The van der Waals surface area contributed by atoms with Gasteiger partial charge in [-0.05, 0) is 32.1 Å². The van der Waals surface area contributed by atoms with Crippen molar-refractivity contribution in [1.82, 2.24) is 4.90 Å². The summed E-state index contributed by atoms with van der Waals surface area (Å²) >= 11 is 1.98. The van der Waals surface area contributed by atoms with Gasteiger partial charge < -0.3 is 4.90 Å². The first kappa shape index (κ1) is 11.9. The molecule has 0 N–H and O–H groups in total. The molecule has 1 nitrogen and oxygen atoms in total. The Bertz CT molecular complexity index is 301. The van der Waals surface area contributed by atoms with E-state index in [0.29, 0.717) is 6.04 Å². The monoisotopic (exact) mass is 229 g/mol. The van der Waals surface area contributed by atoms with Crippen LogP contribution < -0.4 is 0 Å². The molecular weight excluding hydrogens is 214 g/mol. The second-order valence-electron chi connectivity index (χ2n) is 3.74. The lowest BCUT2D eigenvalue weighted by Crippen LogP contribution is -2.34. The minimum Gasteiger partial charge on any atom is -0.305 e. The van der Waals surface area contributed by atoms with Crippen molar-refractivity contribution in [2.24, 2.45) is 0 Å². The molecule has 1 aliphatic heterocycles. The summed E-state index contributed by atoms with van der Waals surface area (Å²) in [7, 11) is 4.33. The predicted molar refractivity (Wildman–Crippen MR) is 65.6 cm³/mol. The minimum absolute atomic E-state index is 0. The zero-order valence-corrected chi connectivity index (χ0v) is 10.2. The number of rotatable bonds is 1. The number of thioether (sulfide) groups is 1. The van der Waals surface area contributed by atoms with Crippen LogP contribution in [0.25, 0.3) is 0 Å². The van der Waals surface area contributed by atoms with Crippen LogP contribution in [0.15, 0.2) is 29.2 Å². The van der Waals surface area contributed by atoms with E-state index in [1.807, 2.05) is 11.8 Å². The van der Waals surface area contributed by atoms with Crippen molar-refractivity contribution in [3.8, 4) is 0 Å². The van der Waals surface area contributed by atoms with E-state index in [9.17, 15) is 0 Å². The summed E-state index contributed by atoms with van der Waals surface area (Å²) < 4.78 is 0. The Kier molecular flexibility index (Phi) is 4.30. The lowest BCUT2D eigenvalue weighted by atomic mass is 10.1. The lowest BCUT2D eigenvalue weighted by Gasteiger charge is -2.29. The minimum atomic E-state index is 0. The van der Waals surface area contributed by atoms with Crippen LogP contribution in [0.2, 0.25) is 0 Å². The van der Waals surface area contributed by atoms with Gasteiger partial charge in [0.1, 0.15) is 0 Å². The normalized spacial score (nSPS) is 20.1. The fraction of sp³-hybridized carbons (Fsp3) is 0.455. The van der Waals surface area contributed by atoms with Gasteiger partial charge in [-0.2, -0.15) is 0 Å². The van der Waals surface area contributed by atoms with Crippen molar-refractivity contribution in [2.45, 2.75) is 17.4 Å². The average Bonchev–Trinajstić information content (AvgIpc) is 2.17. The molecule has 1 heterocycles. The van der Waals surface area contributed by atoms with Crippen LogP contribution in [0.1, 0.15) is 5.56 Å². The van der Waals surface area contributed by atoms with Gasteiger partial charge in [0.05, 0.1) is 0 Å². The number of nitrogens with zero attached hydrogens (tertiary/aromatic N) is 1. The van der Waals surface area contributed by atoms with Gasteiger partial charge in [0.25, 0.3) is 0 Å². The summed E-state index contributed by atoms with van der Waals surface area (Å²) in [5.41, 5.74) is 1.51. The first-order valence-electron chi connectivity index (χ1n) is 4.64. The lowest BCUT2D eigenvalue weighted by molar-refractivity contribution is 0.313. The highest BCUT2D eigenvalue weighted by Gasteiger charge is 2.19. The molecule has 1 aromatic rings. The van der Waals surface area contributed by atoms with Crippen LogP contribution in [-0.2, 0) is 6.42 Å². The van der Waals surface area contributed by atoms with Crippen LogP contribution in [0.5, 0.6) is 0 Å². The van der Waals surface area contributed by atoms with Crippen LogP contribution in [-0.4, -0.2) is 30.8 Å². The smallest absolute Gasteiger partial charge is 0.0224 e. The Hall–Kier alpha value is -0.180. The molecule has 1 aromatic carbocycles. The second-order valence-corrected chi connectivity index (χ2v) is 4.80. The highest BCUT2D eigenvalue weighted by Crippen LogP contribution is 2.30. The van der Waals surface area contributed by atoms with E-state index in [0.717, 1.165) is 0 Å². The van der Waals surface area contributed by atoms with Crippen LogP contribution in [0.3, 0.4) is 0 Å². The fourth-order valence-electron chi connectivity index (χ4n) is 1.64. The van der Waals surface area contributed by atoms with E-state index in [2.05, 4.69) is 43.3 Å². The molecule has 1 unspecified atom stereocenters. The van der Waals surface area contributed by atoms with Crippen LogP contribution in [0.4, 0.5) is 0 Å². The number of fused-ring (bicyclic) bond motifs is 1. The van der Waals surface area contributed by atoms with E-state index in [1.54, 1.807) is 0 Å². The molecule has 0 saturated heterocycles. The van der Waals surface area contributed by atoms with Crippen LogP contribution in [0, 0.1) is 0 Å². The average molecular weight is 230 g/mol. The third-order valence-corrected chi connectivity index (χ3v) is 3.85. The summed E-state index contributed by atoms with van der Waals surface area (Å²) in [5, 5.41) is 0. The van der Waals surface area contributed by atoms with Gasteiger partial charge in [-0.25, -0.2) is 0 Å². The zero-order chi connectivity index (χ0) is 9.26. The molecule has 3 heteroatoms. The van der Waals surface area contributed by atoms with E-state index < -0.39 is 0 Å².